The Balaban J connectivity index is 1.94. The minimum Gasteiger partial charge on any atom is -0.618 e. The van der Waals surface area contributed by atoms with E-state index in [0.717, 1.165) is 0 Å². The van der Waals surface area contributed by atoms with E-state index in [2.05, 4.69) is 4.98 Å². The molecule has 19 heavy (non-hydrogen) atoms. The van der Waals surface area contributed by atoms with E-state index < -0.39 is 5.82 Å². The highest BCUT2D eigenvalue weighted by Gasteiger charge is 2.11. The Labute approximate surface area is 107 Å². The van der Waals surface area contributed by atoms with Crippen molar-refractivity contribution < 1.29 is 18.3 Å². The number of hydrogen-bond acceptors (Lipinski definition) is 4. The average Bonchev–Trinajstić information content (AvgIpc) is 2.75. The maximum atomic E-state index is 13.0. The topological polar surface area (TPSA) is 62.2 Å². The molecule has 2 aromatic heterocycles. The van der Waals surface area contributed by atoms with Crippen LogP contribution in [0.5, 0.6) is 11.8 Å². The molecule has 96 valence electrons. The normalized spacial score (nSPS) is 10.8. The van der Waals surface area contributed by atoms with Crippen LogP contribution in [0, 0.1) is 17.9 Å². The number of fused-ring (bicyclic) bond motifs is 1. The highest BCUT2D eigenvalue weighted by molar-refractivity contribution is 5.72. The van der Waals surface area contributed by atoms with Gasteiger partial charge in [0.05, 0.1) is 0 Å². The van der Waals surface area contributed by atoms with E-state index in [0.29, 0.717) is 27.3 Å². The Morgan fingerprint density at radius 3 is 2.95 bits per heavy atom. The Kier molecular flexibility index (Phi) is 2.56. The molecule has 0 N–H and O–H groups in total. The van der Waals surface area contributed by atoms with Gasteiger partial charge in [0.25, 0.3) is 0 Å². The molecule has 3 rings (SSSR count). The molecule has 0 bridgehead atoms. The lowest BCUT2D eigenvalue weighted by Gasteiger charge is -2.02. The van der Waals surface area contributed by atoms with Crippen LogP contribution < -0.4 is 9.47 Å². The summed E-state index contributed by atoms with van der Waals surface area (Å²) >= 11 is 0. The van der Waals surface area contributed by atoms with Gasteiger partial charge in [0, 0.05) is 19.1 Å². The third-order valence-electron chi connectivity index (χ3n) is 2.62. The third-order valence-corrected chi connectivity index (χ3v) is 2.62. The number of rotatable bonds is 2. The second kappa shape index (κ2) is 4.24. The third kappa shape index (κ3) is 2.20. The Morgan fingerprint density at radius 1 is 1.32 bits per heavy atom. The van der Waals surface area contributed by atoms with Crippen molar-refractivity contribution in [2.45, 2.75) is 6.92 Å². The van der Waals surface area contributed by atoms with E-state index in [9.17, 15) is 9.60 Å². The number of hydrogen-bond donors (Lipinski definition) is 0. The molecule has 0 amide bonds. The zero-order chi connectivity index (χ0) is 13.4. The molecule has 2 heterocycles. The van der Waals surface area contributed by atoms with Crippen LogP contribution in [-0.4, -0.2) is 4.98 Å². The summed E-state index contributed by atoms with van der Waals surface area (Å²) < 4.78 is 24.3. The summed E-state index contributed by atoms with van der Waals surface area (Å²) in [5.74, 6) is -0.104. The maximum Gasteiger partial charge on any atom is 0.400 e. The van der Waals surface area contributed by atoms with Crippen LogP contribution in [0.4, 0.5) is 4.39 Å². The molecule has 1 aromatic carbocycles. The average molecular weight is 260 g/mol. The van der Waals surface area contributed by atoms with Gasteiger partial charge in [-0.3, -0.25) is 0 Å². The summed E-state index contributed by atoms with van der Waals surface area (Å²) in [5, 5.41) is 11.4. The second-order valence-corrected chi connectivity index (χ2v) is 4.03. The number of benzene rings is 1. The van der Waals surface area contributed by atoms with Gasteiger partial charge >= 0.3 is 6.08 Å². The van der Waals surface area contributed by atoms with Gasteiger partial charge < -0.3 is 14.4 Å². The van der Waals surface area contributed by atoms with Gasteiger partial charge in [-0.15, -0.1) is 0 Å². The second-order valence-electron chi connectivity index (χ2n) is 4.03. The van der Waals surface area contributed by atoms with Crippen LogP contribution in [-0.2, 0) is 0 Å². The van der Waals surface area contributed by atoms with Crippen LogP contribution in [0.25, 0.3) is 11.1 Å². The lowest BCUT2D eigenvalue weighted by Crippen LogP contribution is -2.28. The SMILES string of the molecule is Cc1ccc(Oc2nc3cc(F)ccc3o2)c[n+]1[O-]. The summed E-state index contributed by atoms with van der Waals surface area (Å²) in [6.45, 7) is 1.68. The summed E-state index contributed by atoms with van der Waals surface area (Å²) in [7, 11) is 0. The van der Waals surface area contributed by atoms with Crippen LogP contribution >= 0.6 is 0 Å². The van der Waals surface area contributed by atoms with Crippen molar-refractivity contribution in [1.82, 2.24) is 4.98 Å². The van der Waals surface area contributed by atoms with Crippen LogP contribution in [0.2, 0.25) is 0 Å². The fourth-order valence-corrected chi connectivity index (χ4v) is 1.62. The quantitative estimate of drug-likeness (QED) is 0.525. The number of ether oxygens (including phenoxy) is 1. The molecule has 6 heteroatoms. The number of pyridine rings is 1. The molecule has 0 saturated heterocycles. The predicted molar refractivity (Wildman–Crippen MR) is 64.2 cm³/mol. The molecule has 0 aliphatic rings. The van der Waals surface area contributed by atoms with Gasteiger partial charge in [0.15, 0.2) is 17.0 Å². The first-order chi connectivity index (χ1) is 9.11. The molecule has 0 aliphatic carbocycles. The Bertz CT molecular complexity index is 755. The summed E-state index contributed by atoms with van der Waals surface area (Å²) in [6.07, 6.45) is 1.23. The van der Waals surface area contributed by atoms with Crippen LogP contribution in [0.15, 0.2) is 40.9 Å². The van der Waals surface area contributed by atoms with Crippen molar-refractivity contribution in [2.75, 3.05) is 0 Å². The van der Waals surface area contributed by atoms with Crippen molar-refractivity contribution in [3.63, 3.8) is 0 Å². The van der Waals surface area contributed by atoms with Crippen LogP contribution in [0.1, 0.15) is 5.69 Å². The van der Waals surface area contributed by atoms with Gasteiger partial charge in [0.1, 0.15) is 11.3 Å². The van der Waals surface area contributed by atoms with E-state index >= 15 is 0 Å². The number of nitrogens with zero attached hydrogens (tertiary/aromatic N) is 2. The minimum absolute atomic E-state index is 0.0375. The molecular weight excluding hydrogens is 251 g/mol. The predicted octanol–water partition coefficient (Wildman–Crippen LogP) is 2.70. The largest absolute Gasteiger partial charge is 0.618 e. The molecule has 3 aromatic rings. The molecule has 0 unspecified atom stereocenters. The lowest BCUT2D eigenvalue weighted by atomic mass is 10.3. The zero-order valence-corrected chi connectivity index (χ0v) is 9.96. The number of aromatic nitrogens is 2. The first kappa shape index (κ1) is 11.5. The minimum atomic E-state index is -0.403. The van der Waals surface area contributed by atoms with Gasteiger partial charge in [0.2, 0.25) is 6.20 Å². The van der Waals surface area contributed by atoms with Gasteiger partial charge in [-0.2, -0.15) is 9.71 Å². The zero-order valence-electron chi connectivity index (χ0n) is 9.96. The van der Waals surface area contributed by atoms with Crippen molar-refractivity contribution in [1.29, 1.82) is 0 Å². The maximum absolute atomic E-state index is 13.0. The van der Waals surface area contributed by atoms with Gasteiger partial charge in [-0.1, -0.05) is 0 Å². The van der Waals surface area contributed by atoms with E-state index in [-0.39, 0.29) is 6.08 Å². The van der Waals surface area contributed by atoms with Crippen molar-refractivity contribution in [2.24, 2.45) is 0 Å². The first-order valence-electron chi connectivity index (χ1n) is 5.55. The summed E-state index contributed by atoms with van der Waals surface area (Å²) in [4.78, 5) is 3.98. The smallest absolute Gasteiger partial charge is 0.400 e. The van der Waals surface area contributed by atoms with Crippen molar-refractivity contribution >= 4 is 11.1 Å². The highest BCUT2D eigenvalue weighted by Crippen LogP contribution is 2.25. The van der Waals surface area contributed by atoms with Gasteiger partial charge in [-0.05, 0) is 18.2 Å². The number of oxazole rings is 1. The van der Waals surface area contributed by atoms with E-state index in [1.165, 1.54) is 24.4 Å². The molecule has 5 nitrogen and oxygen atoms in total. The first-order valence-corrected chi connectivity index (χ1v) is 5.55. The molecule has 0 spiro atoms. The molecule has 0 saturated carbocycles. The Morgan fingerprint density at radius 2 is 2.16 bits per heavy atom. The van der Waals surface area contributed by atoms with Gasteiger partial charge in [-0.25, -0.2) is 4.39 Å². The fraction of sp³-hybridized carbons (Fsp3) is 0.0769. The standard InChI is InChI=1S/C13H9FN2O3/c1-8-2-4-10(7-16(8)17)18-13-15-11-6-9(14)3-5-12(11)19-13/h2-7H,1H3. The monoisotopic (exact) mass is 260 g/mol. The van der Waals surface area contributed by atoms with Crippen molar-refractivity contribution in [3.05, 3.63) is 53.2 Å². The number of halogens is 1. The van der Waals surface area contributed by atoms with E-state index in [1.54, 1.807) is 19.1 Å². The van der Waals surface area contributed by atoms with Crippen molar-refractivity contribution in [3.8, 4) is 11.8 Å². The summed E-state index contributed by atoms with van der Waals surface area (Å²) in [6, 6.07) is 7.22. The van der Waals surface area contributed by atoms with E-state index in [1.807, 2.05) is 0 Å². The summed E-state index contributed by atoms with van der Waals surface area (Å²) in [5.41, 5.74) is 1.32. The molecular formula is C13H9FN2O3. The molecule has 0 radical (unpaired) electrons. The Hall–Kier alpha value is -2.63. The highest BCUT2D eigenvalue weighted by atomic mass is 19.1. The molecule has 0 aliphatic heterocycles. The fourth-order valence-electron chi connectivity index (χ4n) is 1.62. The van der Waals surface area contributed by atoms with Crippen LogP contribution in [0.3, 0.4) is 0 Å². The lowest BCUT2D eigenvalue weighted by molar-refractivity contribution is -0.612. The van der Waals surface area contributed by atoms with E-state index in [4.69, 9.17) is 9.15 Å². The molecule has 0 atom stereocenters. The number of aryl methyl sites for hydroxylation is 1. The molecule has 0 fully saturated rings.